The van der Waals surface area contributed by atoms with Crippen LogP contribution in [-0.2, 0) is 36.7 Å². The molecule has 7 N–H and O–H groups in total. The second-order valence-electron chi connectivity index (χ2n) is 7.51. The van der Waals surface area contributed by atoms with Crippen LogP contribution in [0.25, 0.3) is 0 Å². The summed E-state index contributed by atoms with van der Waals surface area (Å²) in [6, 6.07) is 6.78. The van der Waals surface area contributed by atoms with Crippen LogP contribution in [0.2, 0.25) is 0 Å². The number of amides is 1. The monoisotopic (exact) mass is 526 g/mol. The maximum atomic E-state index is 11.6. The summed E-state index contributed by atoms with van der Waals surface area (Å²) in [5.74, 6) is -2.56. The Balaban J connectivity index is 0.000000687. The first-order valence-corrected chi connectivity index (χ1v) is 10.3. The molecular formula is C24H31ClN2O9. The van der Waals surface area contributed by atoms with Crippen molar-refractivity contribution in [2.75, 3.05) is 14.2 Å². The van der Waals surface area contributed by atoms with Crippen molar-refractivity contribution in [2.45, 2.75) is 31.8 Å². The highest BCUT2D eigenvalue weighted by molar-refractivity contribution is 5.95. The molecule has 2 atom stereocenters. The summed E-state index contributed by atoms with van der Waals surface area (Å²) in [6.45, 7) is 5.01. The van der Waals surface area contributed by atoms with Gasteiger partial charge in [-0.3, -0.25) is 9.59 Å². The Hall–Kier alpha value is -3.96. The molecule has 0 aromatic heterocycles. The molecule has 0 fully saturated rings. The van der Waals surface area contributed by atoms with Gasteiger partial charge in [0.1, 0.15) is 12.1 Å². The highest BCUT2D eigenvalue weighted by atomic mass is 35.5. The number of nitrogens with one attached hydrogen (secondary N) is 1. The van der Waals surface area contributed by atoms with Gasteiger partial charge < -0.3 is 41.0 Å². The van der Waals surface area contributed by atoms with Crippen LogP contribution in [0.15, 0.2) is 48.6 Å². The Morgan fingerprint density at radius 2 is 1.31 bits per heavy atom. The molecule has 0 radical (unpaired) electrons. The van der Waals surface area contributed by atoms with E-state index in [1.54, 1.807) is 6.07 Å². The van der Waals surface area contributed by atoms with Crippen LogP contribution >= 0.6 is 12.4 Å². The van der Waals surface area contributed by atoms with Gasteiger partial charge in [-0.25, -0.2) is 4.79 Å². The number of phenolic OH excluding ortho intramolecular Hbond substituents is 4. The molecule has 0 spiro atoms. The molecule has 1 unspecified atom stereocenters. The van der Waals surface area contributed by atoms with Gasteiger partial charge in [0.25, 0.3) is 0 Å². The number of methoxy groups -OCH3 is 2. The Labute approximate surface area is 214 Å². The molecule has 0 heterocycles. The van der Waals surface area contributed by atoms with E-state index in [1.807, 2.05) is 0 Å². The van der Waals surface area contributed by atoms with Crippen molar-refractivity contribution >= 4 is 30.3 Å². The van der Waals surface area contributed by atoms with Crippen LogP contribution in [0.3, 0.4) is 0 Å². The normalized spacial score (nSPS) is 11.4. The SMILES string of the molecule is C=C(C)C(=O)N[C@@H](Cc1ccc(O)c(O)c1)C(=O)OC.COC(=O)C(N)Cc1ccc(O)c(O)c1.Cl. The van der Waals surface area contributed by atoms with Crippen molar-refractivity contribution < 1.29 is 44.3 Å². The van der Waals surface area contributed by atoms with Crippen LogP contribution in [-0.4, -0.2) is 64.6 Å². The van der Waals surface area contributed by atoms with E-state index in [0.717, 1.165) is 0 Å². The number of halogens is 1. The van der Waals surface area contributed by atoms with Crippen molar-refractivity contribution in [3.63, 3.8) is 0 Å². The van der Waals surface area contributed by atoms with Crippen molar-refractivity contribution in [2.24, 2.45) is 5.73 Å². The first kappa shape index (κ1) is 32.0. The molecule has 11 nitrogen and oxygen atoms in total. The number of hydrogen-bond donors (Lipinski definition) is 6. The maximum Gasteiger partial charge on any atom is 0.328 e. The van der Waals surface area contributed by atoms with Gasteiger partial charge in [0.05, 0.1) is 14.2 Å². The molecule has 0 aliphatic heterocycles. The smallest absolute Gasteiger partial charge is 0.328 e. The number of ether oxygens (including phenoxy) is 2. The Bertz CT molecular complexity index is 1080. The molecule has 0 saturated carbocycles. The van der Waals surface area contributed by atoms with E-state index in [1.165, 1.54) is 51.5 Å². The summed E-state index contributed by atoms with van der Waals surface area (Å²) in [5, 5.41) is 39.4. The molecule has 0 aliphatic rings. The van der Waals surface area contributed by atoms with E-state index in [9.17, 15) is 29.7 Å². The quantitative estimate of drug-likeness (QED) is 0.167. The topological polar surface area (TPSA) is 189 Å². The molecule has 12 heteroatoms. The van der Waals surface area contributed by atoms with Gasteiger partial charge in [-0.1, -0.05) is 18.7 Å². The fraction of sp³-hybridized carbons (Fsp3) is 0.292. The van der Waals surface area contributed by atoms with Crippen LogP contribution < -0.4 is 11.1 Å². The zero-order valence-corrected chi connectivity index (χ0v) is 20.9. The Morgan fingerprint density at radius 3 is 1.69 bits per heavy atom. The van der Waals surface area contributed by atoms with Crippen LogP contribution in [0, 0.1) is 0 Å². The molecule has 198 valence electrons. The Morgan fingerprint density at radius 1 is 0.861 bits per heavy atom. The number of esters is 2. The largest absolute Gasteiger partial charge is 0.504 e. The molecule has 0 bridgehead atoms. The summed E-state index contributed by atoms with van der Waals surface area (Å²) < 4.78 is 9.09. The zero-order chi connectivity index (χ0) is 26.7. The average molecular weight is 527 g/mol. The molecule has 2 rings (SSSR count). The van der Waals surface area contributed by atoms with Gasteiger partial charge in [-0.2, -0.15) is 0 Å². The molecule has 2 aromatic rings. The van der Waals surface area contributed by atoms with Crippen molar-refractivity contribution in [1.29, 1.82) is 0 Å². The molecular weight excluding hydrogens is 496 g/mol. The van der Waals surface area contributed by atoms with Crippen LogP contribution in [0.4, 0.5) is 0 Å². The molecule has 1 amide bonds. The maximum absolute atomic E-state index is 11.6. The summed E-state index contributed by atoms with van der Waals surface area (Å²) >= 11 is 0. The lowest BCUT2D eigenvalue weighted by Gasteiger charge is -2.16. The van der Waals surface area contributed by atoms with E-state index in [2.05, 4.69) is 21.4 Å². The summed E-state index contributed by atoms with van der Waals surface area (Å²) in [7, 11) is 2.48. The van der Waals surface area contributed by atoms with Crippen LogP contribution in [0.1, 0.15) is 18.1 Å². The predicted octanol–water partition coefficient (Wildman–Crippen LogP) is 1.44. The number of benzene rings is 2. The van der Waals surface area contributed by atoms with Gasteiger partial charge in [0.15, 0.2) is 23.0 Å². The first-order valence-electron chi connectivity index (χ1n) is 10.3. The lowest BCUT2D eigenvalue weighted by molar-refractivity contribution is -0.144. The standard InChI is InChI=1S/C14H17NO5.C10H13NO4.ClH/c1-8(2)13(18)15-10(14(19)20-3)6-9-4-5-11(16)12(17)7-9;1-15-10(14)7(11)4-6-2-3-8(12)9(13)5-6;/h4-5,7,10,16-17H,1,6H2,2-3H3,(H,15,18);2-3,5,7,12-13H,4,11H2,1H3;1H/t10-;;/m0../s1. The van der Waals surface area contributed by atoms with Gasteiger partial charge in [0.2, 0.25) is 5.91 Å². The third-order valence-corrected chi connectivity index (χ3v) is 4.66. The number of carbonyl (C=O) groups excluding carboxylic acids is 3. The molecule has 0 aliphatic carbocycles. The minimum Gasteiger partial charge on any atom is -0.504 e. The fourth-order valence-corrected chi connectivity index (χ4v) is 2.73. The average Bonchev–Trinajstić information content (AvgIpc) is 2.82. The number of phenols is 4. The summed E-state index contributed by atoms with van der Waals surface area (Å²) in [4.78, 5) is 34.2. The molecule has 2 aromatic carbocycles. The number of hydrogen-bond acceptors (Lipinski definition) is 10. The van der Waals surface area contributed by atoms with Gasteiger partial charge in [-0.05, 0) is 48.7 Å². The molecule has 36 heavy (non-hydrogen) atoms. The lowest BCUT2D eigenvalue weighted by Crippen LogP contribution is -2.43. The molecule has 0 saturated heterocycles. The van der Waals surface area contributed by atoms with Gasteiger partial charge in [-0.15, -0.1) is 12.4 Å². The van der Waals surface area contributed by atoms with Crippen molar-refractivity contribution in [1.82, 2.24) is 5.32 Å². The van der Waals surface area contributed by atoms with Crippen molar-refractivity contribution in [3.05, 3.63) is 59.7 Å². The predicted molar refractivity (Wildman–Crippen MR) is 133 cm³/mol. The highest BCUT2D eigenvalue weighted by Gasteiger charge is 2.22. The second-order valence-corrected chi connectivity index (χ2v) is 7.51. The second kappa shape index (κ2) is 15.1. The third-order valence-electron chi connectivity index (χ3n) is 4.66. The summed E-state index contributed by atoms with van der Waals surface area (Å²) in [6.07, 6.45) is 0.375. The summed E-state index contributed by atoms with van der Waals surface area (Å²) in [5.41, 5.74) is 7.02. The van der Waals surface area contributed by atoms with E-state index in [0.29, 0.717) is 11.1 Å². The zero-order valence-electron chi connectivity index (χ0n) is 20.1. The van der Waals surface area contributed by atoms with Gasteiger partial charge in [0, 0.05) is 12.0 Å². The number of aromatic hydroxyl groups is 4. The van der Waals surface area contributed by atoms with E-state index < -0.39 is 29.9 Å². The van der Waals surface area contributed by atoms with Crippen molar-refractivity contribution in [3.8, 4) is 23.0 Å². The minimum absolute atomic E-state index is 0. The van der Waals surface area contributed by atoms with Gasteiger partial charge >= 0.3 is 11.9 Å². The first-order chi connectivity index (χ1) is 16.4. The number of nitrogens with two attached hydrogens (primary N) is 1. The fourth-order valence-electron chi connectivity index (χ4n) is 2.73. The number of carbonyl (C=O) groups is 3. The highest BCUT2D eigenvalue weighted by Crippen LogP contribution is 2.26. The van der Waals surface area contributed by atoms with E-state index in [-0.39, 0.29) is 53.8 Å². The van der Waals surface area contributed by atoms with E-state index in [4.69, 9.17) is 10.8 Å². The third kappa shape index (κ3) is 10.1. The van der Waals surface area contributed by atoms with E-state index >= 15 is 0 Å². The lowest BCUT2D eigenvalue weighted by atomic mass is 10.0. The van der Waals surface area contributed by atoms with Crippen LogP contribution in [0.5, 0.6) is 23.0 Å². The Kier molecular flexibility index (Phi) is 13.5. The minimum atomic E-state index is -0.895. The number of rotatable bonds is 8.